The molecule has 1 aliphatic rings. The van der Waals surface area contributed by atoms with Crippen LogP contribution in [0.1, 0.15) is 24.8 Å². The molecule has 0 aromatic heterocycles. The van der Waals surface area contributed by atoms with Gasteiger partial charge >= 0.3 is 6.18 Å². The predicted molar refractivity (Wildman–Crippen MR) is 89.6 cm³/mol. The third kappa shape index (κ3) is 5.88. The van der Waals surface area contributed by atoms with Crippen LogP contribution in [0.2, 0.25) is 0 Å². The number of likely N-dealkylation sites (tertiary alicyclic amines) is 1. The van der Waals surface area contributed by atoms with Crippen LogP contribution in [0.4, 0.5) is 17.6 Å². The fraction of sp³-hybridized carbons (Fsp3) is 0.562. The lowest BCUT2D eigenvalue weighted by atomic mass is 9.97. The van der Waals surface area contributed by atoms with E-state index in [4.69, 9.17) is 5.73 Å². The number of nitrogens with zero attached hydrogens (tertiary/aromatic N) is 1. The van der Waals surface area contributed by atoms with Crippen molar-refractivity contribution in [1.82, 2.24) is 9.62 Å². The highest BCUT2D eigenvalue weighted by molar-refractivity contribution is 7.89. The van der Waals surface area contributed by atoms with Crippen molar-refractivity contribution < 1.29 is 30.8 Å². The molecule has 1 amide bonds. The molecule has 0 spiro atoms. The first-order valence-corrected chi connectivity index (χ1v) is 9.87. The first-order chi connectivity index (χ1) is 12.5. The minimum absolute atomic E-state index is 0.00119. The molecule has 1 aliphatic heterocycles. The summed E-state index contributed by atoms with van der Waals surface area (Å²) in [6.07, 6.45) is -3.04. The summed E-state index contributed by atoms with van der Waals surface area (Å²) < 4.78 is 77.9. The van der Waals surface area contributed by atoms with E-state index in [2.05, 4.69) is 4.72 Å². The van der Waals surface area contributed by atoms with Crippen LogP contribution in [-0.4, -0.2) is 45.4 Å². The number of nitrogens with one attached hydrogen (secondary N) is 1. The molecule has 1 aromatic rings. The molecule has 6 nitrogen and oxygen atoms in total. The smallest absolute Gasteiger partial charge is 0.369 e. The van der Waals surface area contributed by atoms with Crippen LogP contribution in [0, 0.1) is 11.7 Å². The molecule has 1 heterocycles. The second kappa shape index (κ2) is 8.53. The number of benzene rings is 1. The molecule has 1 aromatic carbocycles. The Kier molecular flexibility index (Phi) is 6.82. The van der Waals surface area contributed by atoms with Gasteiger partial charge in [-0.15, -0.1) is 0 Å². The third-order valence-electron chi connectivity index (χ3n) is 4.40. The van der Waals surface area contributed by atoms with E-state index in [9.17, 15) is 30.8 Å². The van der Waals surface area contributed by atoms with E-state index in [1.165, 1.54) is 0 Å². The molecule has 3 N–H and O–H groups in total. The largest absolute Gasteiger partial charge is 0.419 e. The molecule has 27 heavy (non-hydrogen) atoms. The van der Waals surface area contributed by atoms with Gasteiger partial charge in [0.2, 0.25) is 15.9 Å². The van der Waals surface area contributed by atoms with Crippen LogP contribution >= 0.6 is 0 Å². The maximum Gasteiger partial charge on any atom is 0.419 e. The van der Waals surface area contributed by atoms with Crippen molar-refractivity contribution in [2.45, 2.75) is 30.3 Å². The molecule has 0 aliphatic carbocycles. The second-order valence-corrected chi connectivity index (χ2v) is 8.20. The Morgan fingerprint density at radius 2 is 2.04 bits per heavy atom. The molecular formula is C16H21F4N3O3S. The summed E-state index contributed by atoms with van der Waals surface area (Å²) >= 11 is 0. The Balaban J connectivity index is 1.91. The number of rotatable bonds is 7. The van der Waals surface area contributed by atoms with Gasteiger partial charge in [0.05, 0.1) is 16.4 Å². The topological polar surface area (TPSA) is 92.5 Å². The van der Waals surface area contributed by atoms with Gasteiger partial charge in [0.25, 0.3) is 0 Å². The predicted octanol–water partition coefficient (Wildman–Crippen LogP) is 1.71. The lowest BCUT2D eigenvalue weighted by Crippen LogP contribution is -2.42. The van der Waals surface area contributed by atoms with Crippen molar-refractivity contribution in [3.05, 3.63) is 29.6 Å². The molecule has 152 valence electrons. The van der Waals surface area contributed by atoms with Crippen molar-refractivity contribution >= 4 is 15.9 Å². The summed E-state index contributed by atoms with van der Waals surface area (Å²) in [5.74, 6) is -2.12. The van der Waals surface area contributed by atoms with E-state index >= 15 is 0 Å². The van der Waals surface area contributed by atoms with Gasteiger partial charge in [-0.05, 0) is 50.6 Å². The lowest BCUT2D eigenvalue weighted by Gasteiger charge is -2.31. The Hall–Kier alpha value is -1.72. The molecule has 0 radical (unpaired) electrons. The molecule has 0 saturated carbocycles. The van der Waals surface area contributed by atoms with Crippen molar-refractivity contribution in [2.24, 2.45) is 11.7 Å². The van der Waals surface area contributed by atoms with Crippen molar-refractivity contribution in [1.29, 1.82) is 0 Å². The second-order valence-electron chi connectivity index (χ2n) is 6.43. The SMILES string of the molecule is NC(=O)[C@@H]1CCCN(CCCNS(=O)(=O)c2ccc(F)c(C(F)(F)F)c2)C1. The number of nitrogens with two attached hydrogens (primary N) is 1. The maximum atomic E-state index is 13.3. The van der Waals surface area contributed by atoms with Gasteiger partial charge in [0.1, 0.15) is 5.82 Å². The highest BCUT2D eigenvalue weighted by Crippen LogP contribution is 2.32. The van der Waals surface area contributed by atoms with Gasteiger partial charge in [0, 0.05) is 13.1 Å². The average molecular weight is 411 g/mol. The summed E-state index contributed by atoms with van der Waals surface area (Å²) in [7, 11) is -4.20. The molecule has 1 atom stereocenters. The van der Waals surface area contributed by atoms with Gasteiger partial charge < -0.3 is 10.6 Å². The summed E-state index contributed by atoms with van der Waals surface area (Å²) in [5, 5.41) is 0. The molecule has 1 saturated heterocycles. The molecule has 1 fully saturated rings. The van der Waals surface area contributed by atoms with E-state index in [0.29, 0.717) is 25.6 Å². The molecule has 0 unspecified atom stereocenters. The minimum Gasteiger partial charge on any atom is -0.369 e. The zero-order chi connectivity index (χ0) is 20.2. The fourth-order valence-corrected chi connectivity index (χ4v) is 4.07. The maximum absolute atomic E-state index is 13.3. The number of halogens is 4. The van der Waals surface area contributed by atoms with Gasteiger partial charge in [-0.1, -0.05) is 0 Å². The first-order valence-electron chi connectivity index (χ1n) is 8.39. The van der Waals surface area contributed by atoms with Crippen LogP contribution in [-0.2, 0) is 21.0 Å². The Bertz CT molecular complexity index is 784. The molecular weight excluding hydrogens is 390 g/mol. The average Bonchev–Trinajstić information content (AvgIpc) is 2.58. The molecule has 0 bridgehead atoms. The van der Waals surface area contributed by atoms with Gasteiger partial charge in [0.15, 0.2) is 0 Å². The summed E-state index contributed by atoms with van der Waals surface area (Å²) in [6.45, 7) is 1.79. The number of hydrogen-bond donors (Lipinski definition) is 2. The quantitative estimate of drug-likeness (QED) is 0.528. The van der Waals surface area contributed by atoms with Gasteiger partial charge in [-0.3, -0.25) is 4.79 Å². The van der Waals surface area contributed by atoms with Crippen LogP contribution in [0.15, 0.2) is 23.1 Å². The van der Waals surface area contributed by atoms with Crippen molar-refractivity contribution in [2.75, 3.05) is 26.2 Å². The van der Waals surface area contributed by atoms with E-state index in [-0.39, 0.29) is 24.4 Å². The van der Waals surface area contributed by atoms with Crippen LogP contribution in [0.3, 0.4) is 0 Å². The number of amides is 1. The number of carbonyl (C=O) groups is 1. The summed E-state index contributed by atoms with van der Waals surface area (Å²) in [5.41, 5.74) is 3.67. The number of primary amides is 1. The monoisotopic (exact) mass is 411 g/mol. The zero-order valence-electron chi connectivity index (χ0n) is 14.4. The van der Waals surface area contributed by atoms with E-state index in [1.807, 2.05) is 4.90 Å². The highest BCUT2D eigenvalue weighted by atomic mass is 32.2. The van der Waals surface area contributed by atoms with Gasteiger partial charge in [-0.2, -0.15) is 13.2 Å². The van der Waals surface area contributed by atoms with Crippen LogP contribution < -0.4 is 10.5 Å². The fourth-order valence-electron chi connectivity index (χ4n) is 2.97. The normalized spacial score (nSPS) is 19.2. The van der Waals surface area contributed by atoms with Gasteiger partial charge in [-0.25, -0.2) is 17.5 Å². The molecule has 2 rings (SSSR count). The number of piperidine rings is 1. The molecule has 11 heteroatoms. The Morgan fingerprint density at radius 1 is 1.33 bits per heavy atom. The van der Waals surface area contributed by atoms with E-state index in [0.717, 1.165) is 25.5 Å². The van der Waals surface area contributed by atoms with Crippen molar-refractivity contribution in [3.8, 4) is 0 Å². The Morgan fingerprint density at radius 3 is 2.67 bits per heavy atom. The van der Waals surface area contributed by atoms with E-state index < -0.39 is 32.5 Å². The number of alkyl halides is 3. The summed E-state index contributed by atoms with van der Waals surface area (Å²) in [4.78, 5) is 12.6. The van der Waals surface area contributed by atoms with Crippen molar-refractivity contribution in [3.63, 3.8) is 0 Å². The first kappa shape index (κ1) is 21.6. The van der Waals surface area contributed by atoms with Crippen LogP contribution in [0.5, 0.6) is 0 Å². The standard InChI is InChI=1S/C16H21F4N3O3S/c17-14-5-4-12(9-13(14)16(18,19)20)27(25,26)22-6-2-8-23-7-1-3-11(10-23)15(21)24/h4-5,9,11,22H,1-3,6-8,10H2,(H2,21,24)/t11-/m1/s1. The number of carbonyl (C=O) groups excluding carboxylic acids is 1. The van der Waals surface area contributed by atoms with E-state index in [1.54, 1.807) is 0 Å². The summed E-state index contributed by atoms with van der Waals surface area (Å²) in [6, 6.07) is 1.55. The number of sulfonamides is 1. The number of hydrogen-bond acceptors (Lipinski definition) is 4. The lowest BCUT2D eigenvalue weighted by molar-refractivity contribution is -0.140. The zero-order valence-corrected chi connectivity index (χ0v) is 15.2. The van der Waals surface area contributed by atoms with Crippen LogP contribution in [0.25, 0.3) is 0 Å². The third-order valence-corrected chi connectivity index (χ3v) is 5.86. The highest BCUT2D eigenvalue weighted by Gasteiger charge is 2.35. The Labute approximate surface area is 154 Å². The minimum atomic E-state index is -4.99.